The zero-order chi connectivity index (χ0) is 17.6. The van der Waals surface area contributed by atoms with Gasteiger partial charge in [0.05, 0.1) is 0 Å². The minimum atomic E-state index is 0.896. The first-order valence-corrected chi connectivity index (χ1v) is 8.93. The highest BCUT2D eigenvalue weighted by atomic mass is 14.9. The summed E-state index contributed by atoms with van der Waals surface area (Å²) in [6, 6.07) is 29.8. The van der Waals surface area contributed by atoms with Gasteiger partial charge in [0.2, 0.25) is 0 Å². The van der Waals surface area contributed by atoms with Crippen LogP contribution in [0.4, 0.5) is 0 Å². The Hall–Kier alpha value is -3.26. The molecule has 26 heavy (non-hydrogen) atoms. The number of aromatic nitrogens is 2. The van der Waals surface area contributed by atoms with Gasteiger partial charge < -0.3 is 0 Å². The fourth-order valence-corrected chi connectivity index (χ4v) is 3.10. The van der Waals surface area contributed by atoms with Crippen LogP contribution in [0.3, 0.4) is 0 Å². The average molecular weight is 338 g/mol. The van der Waals surface area contributed by atoms with Gasteiger partial charge in [0, 0.05) is 35.4 Å². The molecule has 0 fully saturated rings. The molecular weight excluding hydrogens is 316 g/mol. The van der Waals surface area contributed by atoms with E-state index in [0.717, 1.165) is 13.1 Å². The molecule has 4 rings (SSSR count). The fourth-order valence-electron chi connectivity index (χ4n) is 3.10. The Labute approximate surface area is 154 Å². The molecule has 0 spiro atoms. The van der Waals surface area contributed by atoms with Crippen molar-refractivity contribution in [1.29, 1.82) is 0 Å². The van der Waals surface area contributed by atoms with Crippen LogP contribution in [0.1, 0.15) is 11.1 Å². The van der Waals surface area contributed by atoms with Gasteiger partial charge in [0.1, 0.15) is 0 Å². The van der Waals surface area contributed by atoms with Gasteiger partial charge in [-0.15, -0.1) is 0 Å². The predicted molar refractivity (Wildman–Crippen MR) is 103 cm³/mol. The predicted octanol–water partition coefficient (Wildman–Crippen LogP) is 4.03. The second-order valence-electron chi connectivity index (χ2n) is 6.49. The number of rotatable bonds is 5. The van der Waals surface area contributed by atoms with E-state index in [1.54, 1.807) is 0 Å². The number of pyridine rings is 2. The van der Waals surface area contributed by atoms with Crippen LogP contribution in [0.2, 0.25) is 0 Å². The van der Waals surface area contributed by atoms with Crippen LogP contribution in [-0.2, 0) is 13.1 Å². The minimum Gasteiger partial charge on any atom is -0.201 e. The molecule has 0 aliphatic heterocycles. The van der Waals surface area contributed by atoms with E-state index in [4.69, 9.17) is 0 Å². The van der Waals surface area contributed by atoms with E-state index in [9.17, 15) is 0 Å². The molecule has 126 valence electrons. The highest BCUT2D eigenvalue weighted by molar-refractivity contribution is 5.60. The van der Waals surface area contributed by atoms with Crippen molar-refractivity contribution in [3.63, 3.8) is 0 Å². The second kappa shape index (κ2) is 7.75. The molecule has 2 heteroatoms. The lowest BCUT2D eigenvalue weighted by Gasteiger charge is -2.02. The first-order chi connectivity index (χ1) is 12.9. The van der Waals surface area contributed by atoms with E-state index in [1.165, 1.54) is 22.3 Å². The molecule has 0 atom stereocenters. The van der Waals surface area contributed by atoms with Crippen molar-refractivity contribution >= 4 is 0 Å². The topological polar surface area (TPSA) is 7.76 Å². The molecule has 0 radical (unpaired) electrons. The zero-order valence-corrected chi connectivity index (χ0v) is 14.7. The summed E-state index contributed by atoms with van der Waals surface area (Å²) in [7, 11) is 0. The van der Waals surface area contributed by atoms with E-state index in [2.05, 4.69) is 119 Å². The maximum absolute atomic E-state index is 2.21. The van der Waals surface area contributed by atoms with Crippen LogP contribution in [0.15, 0.2) is 110 Å². The fraction of sp³-hybridized carbons (Fsp3) is 0.0833. The molecule has 0 aliphatic rings. The summed E-state index contributed by atoms with van der Waals surface area (Å²) in [5, 5.41) is 0. The largest absolute Gasteiger partial charge is 0.201 e. The van der Waals surface area contributed by atoms with Gasteiger partial charge >= 0.3 is 0 Å². The van der Waals surface area contributed by atoms with Gasteiger partial charge in [-0.2, -0.15) is 0 Å². The summed E-state index contributed by atoms with van der Waals surface area (Å²) in [6.07, 6.45) is 8.58. The van der Waals surface area contributed by atoms with Crippen molar-refractivity contribution in [2.75, 3.05) is 0 Å². The molecule has 2 nitrogen and oxygen atoms in total. The zero-order valence-electron chi connectivity index (χ0n) is 14.7. The summed E-state index contributed by atoms with van der Waals surface area (Å²) in [4.78, 5) is 0. The van der Waals surface area contributed by atoms with Crippen LogP contribution >= 0.6 is 0 Å². The Morgan fingerprint density at radius 3 is 1.12 bits per heavy atom. The normalized spacial score (nSPS) is 10.6. The molecular formula is C24H22N2+2. The van der Waals surface area contributed by atoms with Gasteiger partial charge in [-0.25, -0.2) is 9.13 Å². The summed E-state index contributed by atoms with van der Waals surface area (Å²) >= 11 is 0. The standard InChI is InChI=1S/C24H22N2/c1-3-7-21(8-4-1)19-25-15-11-23(12-16-25)24-13-17-26(18-14-24)20-22-9-5-2-6-10-22/h1-18H,19-20H2/q+2. The summed E-state index contributed by atoms with van der Waals surface area (Å²) in [5.74, 6) is 0. The SMILES string of the molecule is c1ccc(C[n+]2ccc(-c3cc[n+](Cc4ccccc4)cc3)cc2)cc1. The Morgan fingerprint density at radius 1 is 0.423 bits per heavy atom. The smallest absolute Gasteiger partial charge is 0.173 e. The lowest BCUT2D eigenvalue weighted by atomic mass is 10.1. The molecule has 0 amide bonds. The van der Waals surface area contributed by atoms with Crippen LogP contribution in [0, 0.1) is 0 Å². The maximum atomic E-state index is 2.21. The number of benzene rings is 2. The van der Waals surface area contributed by atoms with Gasteiger partial charge in [-0.3, -0.25) is 0 Å². The molecule has 2 heterocycles. The van der Waals surface area contributed by atoms with Gasteiger partial charge in [0.15, 0.2) is 37.9 Å². The Morgan fingerprint density at radius 2 is 0.769 bits per heavy atom. The maximum Gasteiger partial charge on any atom is 0.173 e. The molecule has 4 aromatic rings. The summed E-state index contributed by atoms with van der Waals surface area (Å²) in [6.45, 7) is 1.79. The van der Waals surface area contributed by atoms with Gasteiger partial charge in [0.25, 0.3) is 0 Å². The summed E-state index contributed by atoms with van der Waals surface area (Å²) < 4.78 is 4.41. The van der Waals surface area contributed by atoms with Gasteiger partial charge in [-0.1, -0.05) is 60.7 Å². The number of hydrogen-bond acceptors (Lipinski definition) is 0. The second-order valence-corrected chi connectivity index (χ2v) is 6.49. The molecule has 0 saturated carbocycles. The Bertz CT molecular complexity index is 861. The third-order valence-electron chi connectivity index (χ3n) is 4.53. The Balaban J connectivity index is 1.45. The highest BCUT2D eigenvalue weighted by Gasteiger charge is 2.07. The van der Waals surface area contributed by atoms with Crippen LogP contribution in [0.25, 0.3) is 11.1 Å². The lowest BCUT2D eigenvalue weighted by molar-refractivity contribution is -0.688. The molecule has 0 bridgehead atoms. The third kappa shape index (κ3) is 4.04. The van der Waals surface area contributed by atoms with Gasteiger partial charge in [-0.05, 0) is 11.1 Å². The molecule has 2 aromatic heterocycles. The van der Waals surface area contributed by atoms with Crippen molar-refractivity contribution < 1.29 is 9.13 Å². The Kier molecular flexibility index (Phi) is 4.83. The number of nitrogens with zero attached hydrogens (tertiary/aromatic N) is 2. The summed E-state index contributed by atoms with van der Waals surface area (Å²) in [5.41, 5.74) is 5.10. The van der Waals surface area contributed by atoms with E-state index < -0.39 is 0 Å². The minimum absolute atomic E-state index is 0.896. The molecule has 0 aliphatic carbocycles. The van der Waals surface area contributed by atoms with Crippen LogP contribution in [-0.4, -0.2) is 0 Å². The first-order valence-electron chi connectivity index (χ1n) is 8.93. The molecule has 2 aromatic carbocycles. The van der Waals surface area contributed by atoms with E-state index >= 15 is 0 Å². The van der Waals surface area contributed by atoms with Crippen LogP contribution < -0.4 is 9.13 Å². The van der Waals surface area contributed by atoms with Crippen molar-refractivity contribution in [3.05, 3.63) is 121 Å². The van der Waals surface area contributed by atoms with E-state index in [-0.39, 0.29) is 0 Å². The quantitative estimate of drug-likeness (QED) is 0.486. The van der Waals surface area contributed by atoms with Crippen molar-refractivity contribution in [1.82, 2.24) is 0 Å². The lowest BCUT2D eigenvalue weighted by Crippen LogP contribution is -2.33. The number of hydrogen-bond donors (Lipinski definition) is 0. The van der Waals surface area contributed by atoms with Crippen molar-refractivity contribution in [2.45, 2.75) is 13.1 Å². The highest BCUT2D eigenvalue weighted by Crippen LogP contribution is 2.15. The molecule has 0 saturated heterocycles. The third-order valence-corrected chi connectivity index (χ3v) is 4.53. The van der Waals surface area contributed by atoms with Crippen LogP contribution in [0.5, 0.6) is 0 Å². The first kappa shape index (κ1) is 16.2. The van der Waals surface area contributed by atoms with E-state index in [1.807, 2.05) is 0 Å². The van der Waals surface area contributed by atoms with Crippen molar-refractivity contribution in [3.8, 4) is 11.1 Å². The van der Waals surface area contributed by atoms with Crippen molar-refractivity contribution in [2.24, 2.45) is 0 Å². The molecule has 0 N–H and O–H groups in total. The average Bonchev–Trinajstić information content (AvgIpc) is 2.71. The van der Waals surface area contributed by atoms with E-state index in [0.29, 0.717) is 0 Å². The molecule has 0 unspecified atom stereocenters. The monoisotopic (exact) mass is 338 g/mol.